The Balaban J connectivity index is 3.13. The molecule has 0 spiro atoms. The Kier molecular flexibility index (Phi) is 6.09. The van der Waals surface area contributed by atoms with Gasteiger partial charge < -0.3 is 4.74 Å². The smallest absolute Gasteiger partial charge is 0.0883 e. The average molecular weight is 271 g/mol. The SMILES string of the molecule is CCOC(CC)(CC)C(NN)c1cccc(Cl)c1. The summed E-state index contributed by atoms with van der Waals surface area (Å²) in [6.45, 7) is 6.91. The molecule has 3 N–H and O–H groups in total. The topological polar surface area (TPSA) is 47.3 Å². The largest absolute Gasteiger partial charge is 0.373 e. The summed E-state index contributed by atoms with van der Waals surface area (Å²) in [5, 5.41) is 0.713. The van der Waals surface area contributed by atoms with Crippen molar-refractivity contribution in [1.82, 2.24) is 5.43 Å². The number of halogens is 1. The molecule has 0 saturated carbocycles. The van der Waals surface area contributed by atoms with E-state index in [1.165, 1.54) is 0 Å². The summed E-state index contributed by atoms with van der Waals surface area (Å²) >= 11 is 6.05. The van der Waals surface area contributed by atoms with Gasteiger partial charge in [0.25, 0.3) is 0 Å². The predicted molar refractivity (Wildman–Crippen MR) is 76.5 cm³/mol. The van der Waals surface area contributed by atoms with Crippen molar-refractivity contribution in [3.05, 3.63) is 34.9 Å². The minimum atomic E-state index is -0.297. The highest BCUT2D eigenvalue weighted by Gasteiger charge is 2.37. The molecule has 0 saturated heterocycles. The maximum atomic E-state index is 6.05. The molecule has 0 aromatic heterocycles. The third-order valence-electron chi connectivity index (χ3n) is 3.50. The van der Waals surface area contributed by atoms with Crippen molar-refractivity contribution in [2.75, 3.05) is 6.61 Å². The van der Waals surface area contributed by atoms with Gasteiger partial charge in [-0.05, 0) is 37.5 Å². The van der Waals surface area contributed by atoms with Gasteiger partial charge in [-0.15, -0.1) is 0 Å². The van der Waals surface area contributed by atoms with Crippen LogP contribution < -0.4 is 11.3 Å². The van der Waals surface area contributed by atoms with E-state index in [-0.39, 0.29) is 11.6 Å². The molecule has 4 heteroatoms. The monoisotopic (exact) mass is 270 g/mol. The van der Waals surface area contributed by atoms with E-state index in [1.807, 2.05) is 31.2 Å². The minimum absolute atomic E-state index is 0.0638. The van der Waals surface area contributed by atoms with Crippen molar-refractivity contribution >= 4 is 11.6 Å². The van der Waals surface area contributed by atoms with E-state index in [0.717, 1.165) is 18.4 Å². The summed E-state index contributed by atoms with van der Waals surface area (Å²) in [6, 6.07) is 7.69. The number of nitrogens with two attached hydrogens (primary N) is 1. The molecular formula is C14H23ClN2O. The third-order valence-corrected chi connectivity index (χ3v) is 3.74. The fourth-order valence-electron chi connectivity index (χ4n) is 2.47. The Hall–Kier alpha value is -0.610. The molecule has 1 aromatic carbocycles. The fraction of sp³-hybridized carbons (Fsp3) is 0.571. The Labute approximate surface area is 115 Å². The second kappa shape index (κ2) is 7.10. The Bertz CT molecular complexity index is 367. The van der Waals surface area contributed by atoms with Crippen LogP contribution in [0.5, 0.6) is 0 Å². The van der Waals surface area contributed by atoms with E-state index >= 15 is 0 Å². The van der Waals surface area contributed by atoms with E-state index in [9.17, 15) is 0 Å². The van der Waals surface area contributed by atoms with Crippen molar-refractivity contribution in [1.29, 1.82) is 0 Å². The summed E-state index contributed by atoms with van der Waals surface area (Å²) in [4.78, 5) is 0. The zero-order chi connectivity index (χ0) is 13.6. The summed E-state index contributed by atoms with van der Waals surface area (Å²) in [6.07, 6.45) is 1.78. The van der Waals surface area contributed by atoms with E-state index in [0.29, 0.717) is 11.6 Å². The fourth-order valence-corrected chi connectivity index (χ4v) is 2.67. The lowest BCUT2D eigenvalue weighted by atomic mass is 9.84. The van der Waals surface area contributed by atoms with Crippen molar-refractivity contribution in [3.8, 4) is 0 Å². The van der Waals surface area contributed by atoms with Crippen LogP contribution in [0.25, 0.3) is 0 Å². The molecule has 0 fully saturated rings. The molecule has 18 heavy (non-hydrogen) atoms. The van der Waals surface area contributed by atoms with E-state index in [4.69, 9.17) is 22.2 Å². The Morgan fingerprint density at radius 3 is 2.44 bits per heavy atom. The van der Waals surface area contributed by atoms with Gasteiger partial charge in [-0.25, -0.2) is 0 Å². The molecule has 0 aliphatic rings. The van der Waals surface area contributed by atoms with Crippen LogP contribution in [0.15, 0.2) is 24.3 Å². The van der Waals surface area contributed by atoms with Crippen molar-refractivity contribution in [3.63, 3.8) is 0 Å². The molecule has 3 nitrogen and oxygen atoms in total. The second-order valence-electron chi connectivity index (χ2n) is 4.36. The maximum absolute atomic E-state index is 6.05. The molecule has 0 amide bonds. The number of ether oxygens (including phenoxy) is 1. The highest BCUT2D eigenvalue weighted by Crippen LogP contribution is 2.35. The van der Waals surface area contributed by atoms with Crippen LogP contribution in [0.4, 0.5) is 0 Å². The predicted octanol–water partition coefficient (Wildman–Crippen LogP) is 3.44. The van der Waals surface area contributed by atoms with Gasteiger partial charge in [0, 0.05) is 11.6 Å². The molecule has 0 aliphatic carbocycles. The van der Waals surface area contributed by atoms with E-state index < -0.39 is 0 Å². The van der Waals surface area contributed by atoms with Crippen LogP contribution in [0.1, 0.15) is 45.2 Å². The second-order valence-corrected chi connectivity index (χ2v) is 4.80. The van der Waals surface area contributed by atoms with Gasteiger partial charge in [0.15, 0.2) is 0 Å². The number of benzene rings is 1. The molecule has 102 valence electrons. The van der Waals surface area contributed by atoms with Gasteiger partial charge in [0.05, 0.1) is 11.6 Å². The number of hydrazine groups is 1. The summed E-state index contributed by atoms with van der Waals surface area (Å²) in [5.74, 6) is 5.75. The molecule has 0 heterocycles. The Morgan fingerprint density at radius 1 is 1.33 bits per heavy atom. The van der Waals surface area contributed by atoms with Crippen LogP contribution in [0.3, 0.4) is 0 Å². The van der Waals surface area contributed by atoms with Crippen LogP contribution in [-0.2, 0) is 4.74 Å². The average Bonchev–Trinajstić information content (AvgIpc) is 2.38. The summed E-state index contributed by atoms with van der Waals surface area (Å²) < 4.78 is 5.99. The van der Waals surface area contributed by atoms with Crippen molar-refractivity contribution < 1.29 is 4.74 Å². The summed E-state index contributed by atoms with van der Waals surface area (Å²) in [7, 11) is 0. The zero-order valence-electron chi connectivity index (χ0n) is 11.4. The molecule has 0 radical (unpaired) electrons. The van der Waals surface area contributed by atoms with Crippen LogP contribution in [0, 0.1) is 0 Å². The molecule has 1 aromatic rings. The lowest BCUT2D eigenvalue weighted by Gasteiger charge is -2.39. The van der Waals surface area contributed by atoms with E-state index in [2.05, 4.69) is 19.3 Å². The number of hydrogen-bond donors (Lipinski definition) is 2. The van der Waals surface area contributed by atoms with Crippen LogP contribution >= 0.6 is 11.6 Å². The first-order valence-electron chi connectivity index (χ1n) is 6.49. The van der Waals surface area contributed by atoms with Crippen LogP contribution in [0.2, 0.25) is 5.02 Å². The lowest BCUT2D eigenvalue weighted by Crippen LogP contribution is -2.48. The molecule has 0 aliphatic heterocycles. The molecule has 1 unspecified atom stereocenters. The first-order chi connectivity index (χ1) is 8.63. The van der Waals surface area contributed by atoms with Gasteiger partial charge in [0.2, 0.25) is 0 Å². The lowest BCUT2D eigenvalue weighted by molar-refractivity contribution is -0.0734. The number of hydrogen-bond acceptors (Lipinski definition) is 3. The molecule has 0 bridgehead atoms. The molecule has 1 rings (SSSR count). The van der Waals surface area contributed by atoms with Crippen molar-refractivity contribution in [2.24, 2.45) is 5.84 Å². The van der Waals surface area contributed by atoms with Gasteiger partial charge in [-0.1, -0.05) is 37.6 Å². The van der Waals surface area contributed by atoms with Gasteiger partial charge in [-0.3, -0.25) is 11.3 Å². The first kappa shape index (κ1) is 15.4. The van der Waals surface area contributed by atoms with Gasteiger partial charge >= 0.3 is 0 Å². The van der Waals surface area contributed by atoms with E-state index in [1.54, 1.807) is 0 Å². The van der Waals surface area contributed by atoms with Crippen molar-refractivity contribution in [2.45, 2.75) is 45.3 Å². The molecular weight excluding hydrogens is 248 g/mol. The summed E-state index contributed by atoms with van der Waals surface area (Å²) in [5.41, 5.74) is 3.65. The normalized spacial score (nSPS) is 13.6. The third kappa shape index (κ3) is 3.23. The quantitative estimate of drug-likeness (QED) is 0.589. The van der Waals surface area contributed by atoms with Gasteiger partial charge in [0.1, 0.15) is 0 Å². The zero-order valence-corrected chi connectivity index (χ0v) is 12.1. The first-order valence-corrected chi connectivity index (χ1v) is 6.86. The minimum Gasteiger partial charge on any atom is -0.373 e. The Morgan fingerprint density at radius 2 is 2.00 bits per heavy atom. The number of rotatable bonds is 7. The molecule has 1 atom stereocenters. The van der Waals surface area contributed by atoms with Crippen LogP contribution in [-0.4, -0.2) is 12.2 Å². The number of nitrogens with one attached hydrogen (secondary N) is 1. The highest BCUT2D eigenvalue weighted by atomic mass is 35.5. The standard InChI is InChI=1S/C14H23ClN2O/c1-4-14(5-2,18-6-3)13(17-16)11-8-7-9-12(15)10-11/h7-10,13,17H,4-6,16H2,1-3H3. The van der Waals surface area contributed by atoms with Gasteiger partial charge in [-0.2, -0.15) is 0 Å². The maximum Gasteiger partial charge on any atom is 0.0883 e. The highest BCUT2D eigenvalue weighted by molar-refractivity contribution is 6.30.